The monoisotopic (exact) mass is 225 g/mol. The van der Waals surface area contributed by atoms with Gasteiger partial charge in [0.15, 0.2) is 0 Å². The predicted molar refractivity (Wildman–Crippen MR) is 66.7 cm³/mol. The molecule has 0 amide bonds. The fraction of sp³-hybridized carbons (Fsp3) is 0.583. The highest BCUT2D eigenvalue weighted by Crippen LogP contribution is 2.36. The van der Waals surface area contributed by atoms with E-state index in [1.165, 1.54) is 0 Å². The van der Waals surface area contributed by atoms with Gasteiger partial charge >= 0.3 is 0 Å². The van der Waals surface area contributed by atoms with Crippen LogP contribution in [0.5, 0.6) is 0 Å². The van der Waals surface area contributed by atoms with Crippen molar-refractivity contribution < 1.29 is 4.74 Å². The molecule has 15 heavy (non-hydrogen) atoms. The summed E-state index contributed by atoms with van der Waals surface area (Å²) in [6.45, 7) is 12.0. The third-order valence-electron chi connectivity index (χ3n) is 1.94. The number of nitrogens with zero attached hydrogens (tertiary/aromatic N) is 1. The Balaban J connectivity index is 4.53. The zero-order valence-electron chi connectivity index (χ0n) is 9.53. The molecule has 0 saturated carbocycles. The van der Waals surface area contributed by atoms with Gasteiger partial charge in [-0.2, -0.15) is 5.26 Å². The maximum Gasteiger partial charge on any atom is 0.112 e. The number of allylic oxidation sites excluding steroid dienone is 2. The van der Waals surface area contributed by atoms with Crippen LogP contribution in [0.15, 0.2) is 25.3 Å². The molecule has 0 radical (unpaired) electrons. The third kappa shape index (κ3) is 5.06. The zero-order chi connectivity index (χ0) is 11.7. The molecule has 0 fully saturated rings. The van der Waals surface area contributed by atoms with Gasteiger partial charge in [0.2, 0.25) is 0 Å². The second-order valence-electron chi connectivity index (χ2n) is 3.23. The Hall–Kier alpha value is -0.720. The number of nitriles is 1. The van der Waals surface area contributed by atoms with Crippen LogP contribution in [0.4, 0.5) is 0 Å². The number of ether oxygens (including phenoxy) is 1. The Kier molecular flexibility index (Phi) is 7.19. The van der Waals surface area contributed by atoms with Crippen LogP contribution < -0.4 is 0 Å². The van der Waals surface area contributed by atoms with Crippen LogP contribution in [0.25, 0.3) is 0 Å². The minimum Gasteiger partial charge on any atom is -0.368 e. The molecular weight excluding hydrogens is 206 g/mol. The number of hydrogen-bond donors (Lipinski definition) is 0. The van der Waals surface area contributed by atoms with Crippen LogP contribution in [-0.4, -0.2) is 16.8 Å². The lowest BCUT2D eigenvalue weighted by Gasteiger charge is -2.26. The second kappa shape index (κ2) is 7.56. The predicted octanol–water partition coefficient (Wildman–Crippen LogP) is 3.52. The van der Waals surface area contributed by atoms with Crippen molar-refractivity contribution in [2.24, 2.45) is 0 Å². The van der Waals surface area contributed by atoms with Crippen LogP contribution in [0, 0.1) is 11.3 Å². The Labute approximate surface area is 97.0 Å². The van der Waals surface area contributed by atoms with Crippen molar-refractivity contribution >= 4 is 11.8 Å². The van der Waals surface area contributed by atoms with Crippen LogP contribution in [0.3, 0.4) is 0 Å². The Morgan fingerprint density at radius 3 is 2.33 bits per heavy atom. The van der Waals surface area contributed by atoms with Crippen LogP contribution in [0.1, 0.15) is 26.7 Å². The van der Waals surface area contributed by atoms with Gasteiger partial charge in [0.25, 0.3) is 0 Å². The molecule has 0 saturated heterocycles. The highest BCUT2D eigenvalue weighted by Gasteiger charge is 2.30. The summed E-state index contributed by atoms with van der Waals surface area (Å²) >= 11 is 1.54. The van der Waals surface area contributed by atoms with E-state index < -0.39 is 4.75 Å². The van der Waals surface area contributed by atoms with Crippen molar-refractivity contribution in [3.05, 3.63) is 25.3 Å². The second-order valence-corrected chi connectivity index (χ2v) is 4.91. The molecule has 0 aliphatic heterocycles. The first-order valence-corrected chi connectivity index (χ1v) is 5.94. The summed E-state index contributed by atoms with van der Waals surface area (Å²) < 4.78 is 4.96. The third-order valence-corrected chi connectivity index (χ3v) is 3.29. The fourth-order valence-electron chi connectivity index (χ4n) is 1.35. The van der Waals surface area contributed by atoms with Crippen LogP contribution in [-0.2, 0) is 4.74 Å². The first kappa shape index (κ1) is 14.3. The van der Waals surface area contributed by atoms with Crippen LogP contribution in [0.2, 0.25) is 0 Å². The number of hydrogen-bond acceptors (Lipinski definition) is 3. The molecular formula is C12H19NOS. The van der Waals surface area contributed by atoms with Gasteiger partial charge < -0.3 is 4.74 Å². The molecule has 2 nitrogen and oxygen atoms in total. The van der Waals surface area contributed by atoms with Gasteiger partial charge in [0, 0.05) is 6.61 Å². The van der Waals surface area contributed by atoms with Crippen molar-refractivity contribution in [3.8, 4) is 6.07 Å². The van der Waals surface area contributed by atoms with E-state index in [9.17, 15) is 5.26 Å². The molecule has 0 bridgehead atoms. The highest BCUT2D eigenvalue weighted by molar-refractivity contribution is 8.01. The van der Waals surface area contributed by atoms with Gasteiger partial charge in [-0.25, -0.2) is 0 Å². The SMILES string of the molecule is C=CCC(C#N)(CC=C)SC(C)OCC. The van der Waals surface area contributed by atoms with Crippen molar-refractivity contribution in [2.75, 3.05) is 6.61 Å². The average molecular weight is 225 g/mol. The largest absolute Gasteiger partial charge is 0.368 e. The molecule has 0 aromatic carbocycles. The lowest BCUT2D eigenvalue weighted by molar-refractivity contribution is 0.136. The first-order valence-electron chi connectivity index (χ1n) is 5.06. The summed E-state index contributed by atoms with van der Waals surface area (Å²) in [4.78, 5) is 0. The molecule has 0 aliphatic carbocycles. The normalized spacial score (nSPS) is 12.9. The molecule has 0 aliphatic rings. The van der Waals surface area contributed by atoms with E-state index in [1.807, 2.05) is 13.8 Å². The quantitative estimate of drug-likeness (QED) is 0.468. The molecule has 1 atom stereocenters. The maximum atomic E-state index is 9.23. The summed E-state index contributed by atoms with van der Waals surface area (Å²) in [5.41, 5.74) is 0.0227. The van der Waals surface area contributed by atoms with E-state index in [0.717, 1.165) is 0 Å². The van der Waals surface area contributed by atoms with Gasteiger partial charge in [-0.05, 0) is 26.7 Å². The minimum atomic E-state index is -0.474. The summed E-state index contributed by atoms with van der Waals surface area (Å²) in [7, 11) is 0. The highest BCUT2D eigenvalue weighted by atomic mass is 32.2. The maximum absolute atomic E-state index is 9.23. The number of thioether (sulfide) groups is 1. The summed E-state index contributed by atoms with van der Waals surface area (Å²) in [6.07, 6.45) is 4.85. The van der Waals surface area contributed by atoms with Crippen molar-refractivity contribution in [1.82, 2.24) is 0 Å². The smallest absolute Gasteiger partial charge is 0.112 e. The average Bonchev–Trinajstić information content (AvgIpc) is 2.18. The van der Waals surface area contributed by atoms with E-state index >= 15 is 0 Å². The van der Waals surface area contributed by atoms with Gasteiger partial charge in [0.05, 0.1) is 6.07 Å². The molecule has 3 heteroatoms. The Morgan fingerprint density at radius 1 is 1.47 bits per heavy atom. The van der Waals surface area contributed by atoms with Gasteiger partial charge in [-0.15, -0.1) is 24.9 Å². The lowest BCUT2D eigenvalue weighted by Crippen LogP contribution is -2.25. The molecule has 0 aromatic rings. The summed E-state index contributed by atoms with van der Waals surface area (Å²) in [6, 6.07) is 2.35. The van der Waals surface area contributed by atoms with Crippen molar-refractivity contribution in [1.29, 1.82) is 5.26 Å². The van der Waals surface area contributed by atoms with E-state index in [0.29, 0.717) is 19.4 Å². The zero-order valence-corrected chi connectivity index (χ0v) is 10.3. The summed E-state index contributed by atoms with van der Waals surface area (Å²) in [5, 5.41) is 9.23. The topological polar surface area (TPSA) is 33.0 Å². The van der Waals surface area contributed by atoms with E-state index in [2.05, 4.69) is 19.2 Å². The van der Waals surface area contributed by atoms with Crippen molar-refractivity contribution in [2.45, 2.75) is 36.9 Å². The molecule has 0 spiro atoms. The van der Waals surface area contributed by atoms with Crippen LogP contribution >= 0.6 is 11.8 Å². The summed E-state index contributed by atoms with van der Waals surface area (Å²) in [5.74, 6) is 0. The standard InChI is InChI=1S/C12H19NOS/c1-5-8-12(10-13,9-6-2)15-11(4)14-7-3/h5-6,11H,1-2,7-9H2,3-4H3. The minimum absolute atomic E-state index is 0.0227. The molecule has 84 valence electrons. The first-order chi connectivity index (χ1) is 7.14. The number of rotatable bonds is 8. The molecule has 0 rings (SSSR count). The van der Waals surface area contributed by atoms with Crippen molar-refractivity contribution in [3.63, 3.8) is 0 Å². The fourth-order valence-corrected chi connectivity index (χ4v) is 2.67. The Bertz CT molecular complexity index is 234. The van der Waals surface area contributed by atoms with Gasteiger partial charge in [-0.3, -0.25) is 0 Å². The lowest BCUT2D eigenvalue weighted by atomic mass is 10.0. The van der Waals surface area contributed by atoms with E-state index in [-0.39, 0.29) is 5.44 Å². The van der Waals surface area contributed by atoms with Gasteiger partial charge in [0.1, 0.15) is 10.2 Å². The molecule has 0 aromatic heterocycles. The van der Waals surface area contributed by atoms with E-state index in [1.54, 1.807) is 23.9 Å². The molecule has 0 N–H and O–H groups in total. The Morgan fingerprint density at radius 2 is 2.00 bits per heavy atom. The van der Waals surface area contributed by atoms with Gasteiger partial charge in [-0.1, -0.05) is 12.2 Å². The molecule has 1 unspecified atom stereocenters. The van der Waals surface area contributed by atoms with E-state index in [4.69, 9.17) is 4.74 Å². The molecule has 0 heterocycles.